The highest BCUT2D eigenvalue weighted by Gasteiger charge is 2.25. The molecule has 3 aromatic carbocycles. The molecule has 0 spiro atoms. The summed E-state index contributed by atoms with van der Waals surface area (Å²) < 4.78 is 26.0. The number of rotatable bonds is 7. The predicted octanol–water partition coefficient (Wildman–Crippen LogP) is 5.65. The first-order valence-corrected chi connectivity index (χ1v) is 10.8. The van der Waals surface area contributed by atoms with Gasteiger partial charge in [-0.2, -0.15) is 0 Å². The number of nitrogens with one attached hydrogen (secondary N) is 2. The van der Waals surface area contributed by atoms with Crippen LogP contribution in [-0.4, -0.2) is 31.7 Å². The van der Waals surface area contributed by atoms with Crippen molar-refractivity contribution in [3.05, 3.63) is 93.8 Å². The third-order valence-corrected chi connectivity index (χ3v) is 5.94. The quantitative estimate of drug-likeness (QED) is 0.347. The number of H-pyrrole nitrogens is 1. The average molecular weight is 497 g/mol. The van der Waals surface area contributed by atoms with Crippen LogP contribution in [0.25, 0.3) is 10.9 Å². The van der Waals surface area contributed by atoms with Crippen molar-refractivity contribution in [2.45, 2.75) is 5.92 Å². The molecule has 0 fully saturated rings. The molecule has 0 aliphatic rings. The van der Waals surface area contributed by atoms with E-state index in [-0.39, 0.29) is 18.0 Å². The van der Waals surface area contributed by atoms with Crippen LogP contribution in [0.1, 0.15) is 27.4 Å². The maximum absolute atomic E-state index is 14.2. The van der Waals surface area contributed by atoms with Crippen LogP contribution in [0.3, 0.4) is 0 Å². The van der Waals surface area contributed by atoms with Crippen LogP contribution in [-0.2, 0) is 0 Å². The number of hydrogen-bond acceptors (Lipinski definition) is 3. The van der Waals surface area contributed by atoms with E-state index in [1.54, 1.807) is 20.3 Å². The van der Waals surface area contributed by atoms with E-state index in [2.05, 4.69) is 26.2 Å². The Morgan fingerprint density at radius 3 is 2.66 bits per heavy atom. The summed E-state index contributed by atoms with van der Waals surface area (Å²) in [7, 11) is 3.17. The number of methoxy groups -OCH3 is 2. The fraction of sp³-hybridized carbons (Fsp3) is 0.160. The van der Waals surface area contributed by atoms with Crippen LogP contribution < -0.4 is 14.8 Å². The van der Waals surface area contributed by atoms with E-state index in [4.69, 9.17) is 9.47 Å². The van der Waals surface area contributed by atoms with Crippen LogP contribution in [0.2, 0.25) is 0 Å². The van der Waals surface area contributed by atoms with Gasteiger partial charge in [0.25, 0.3) is 5.91 Å². The number of aromatic nitrogens is 1. The first-order valence-electron chi connectivity index (χ1n) is 10.0. The third kappa shape index (κ3) is 4.21. The monoisotopic (exact) mass is 496 g/mol. The Morgan fingerprint density at radius 1 is 1.06 bits per heavy atom. The smallest absolute Gasteiger partial charge is 0.254 e. The van der Waals surface area contributed by atoms with Crippen molar-refractivity contribution in [2.24, 2.45) is 0 Å². The Kier molecular flexibility index (Phi) is 6.46. The molecule has 5 nitrogen and oxygen atoms in total. The molecule has 0 aliphatic heterocycles. The van der Waals surface area contributed by atoms with Crippen LogP contribution in [0.4, 0.5) is 4.39 Å². The highest BCUT2D eigenvalue weighted by Crippen LogP contribution is 2.40. The standard InChI is InChI=1S/C25H22BrFN2O3/c1-31-23-9-5-7-17(24(23)32-2)20(19-13-28-22-8-4-3-6-16(19)22)14-29-25(30)18-12-15(26)10-11-21(18)27/h3-13,20,28H,14H2,1-2H3,(H,29,30). The van der Waals surface area contributed by atoms with E-state index in [0.29, 0.717) is 16.0 Å². The summed E-state index contributed by atoms with van der Waals surface area (Å²) in [5, 5.41) is 3.93. The van der Waals surface area contributed by atoms with Gasteiger partial charge in [-0.3, -0.25) is 4.79 Å². The molecule has 1 heterocycles. The summed E-state index contributed by atoms with van der Waals surface area (Å²) in [6.45, 7) is 0.232. The molecule has 2 N–H and O–H groups in total. The zero-order valence-electron chi connectivity index (χ0n) is 17.6. The van der Waals surface area contributed by atoms with E-state index in [1.165, 1.54) is 12.1 Å². The molecule has 4 rings (SSSR count). The summed E-state index contributed by atoms with van der Waals surface area (Å²) >= 11 is 3.29. The lowest BCUT2D eigenvalue weighted by Gasteiger charge is -2.22. The number of halogens is 2. The fourth-order valence-electron chi connectivity index (χ4n) is 3.92. The maximum Gasteiger partial charge on any atom is 0.254 e. The van der Waals surface area contributed by atoms with Gasteiger partial charge in [0.15, 0.2) is 11.5 Å². The van der Waals surface area contributed by atoms with Crippen molar-refractivity contribution in [3.8, 4) is 11.5 Å². The number of hydrogen-bond donors (Lipinski definition) is 2. The summed E-state index contributed by atoms with van der Waals surface area (Å²) in [6, 6.07) is 17.9. The molecule has 0 aliphatic carbocycles. The van der Waals surface area contributed by atoms with Crippen LogP contribution in [0.5, 0.6) is 11.5 Å². The first-order chi connectivity index (χ1) is 15.5. The minimum absolute atomic E-state index is 0.0188. The van der Waals surface area contributed by atoms with Crippen molar-refractivity contribution >= 4 is 32.7 Å². The maximum atomic E-state index is 14.2. The van der Waals surface area contributed by atoms with Gasteiger partial charge in [0, 0.05) is 39.6 Å². The molecule has 0 radical (unpaired) electrons. The second kappa shape index (κ2) is 9.44. The second-order valence-corrected chi connectivity index (χ2v) is 8.17. The third-order valence-electron chi connectivity index (χ3n) is 5.45. The largest absolute Gasteiger partial charge is 0.493 e. The Labute approximate surface area is 193 Å². The first kappa shape index (κ1) is 21.9. The average Bonchev–Trinajstić information content (AvgIpc) is 3.24. The van der Waals surface area contributed by atoms with Crippen molar-refractivity contribution in [3.63, 3.8) is 0 Å². The van der Waals surface area contributed by atoms with E-state index in [9.17, 15) is 9.18 Å². The molecular formula is C25H22BrFN2O3. The summed E-state index contributed by atoms with van der Waals surface area (Å²) in [6.07, 6.45) is 1.93. The molecule has 1 amide bonds. The summed E-state index contributed by atoms with van der Waals surface area (Å²) in [4.78, 5) is 16.1. The van der Waals surface area contributed by atoms with Crippen LogP contribution in [0, 0.1) is 5.82 Å². The van der Waals surface area contributed by atoms with Crippen molar-refractivity contribution < 1.29 is 18.7 Å². The lowest BCUT2D eigenvalue weighted by molar-refractivity contribution is 0.0948. The summed E-state index contributed by atoms with van der Waals surface area (Å²) in [5.41, 5.74) is 2.81. The molecule has 0 bridgehead atoms. The highest BCUT2D eigenvalue weighted by atomic mass is 79.9. The molecule has 0 saturated carbocycles. The lowest BCUT2D eigenvalue weighted by atomic mass is 9.89. The van der Waals surface area contributed by atoms with Gasteiger partial charge in [0.1, 0.15) is 5.82 Å². The molecule has 32 heavy (non-hydrogen) atoms. The van der Waals surface area contributed by atoms with Gasteiger partial charge in [-0.15, -0.1) is 0 Å². The normalized spacial score (nSPS) is 11.9. The van der Waals surface area contributed by atoms with E-state index < -0.39 is 11.7 Å². The molecule has 1 atom stereocenters. The Hall–Kier alpha value is -3.32. The number of amides is 1. The minimum Gasteiger partial charge on any atom is -0.493 e. The molecule has 1 aromatic heterocycles. The molecule has 7 heteroatoms. The van der Waals surface area contributed by atoms with Gasteiger partial charge in [-0.05, 0) is 35.9 Å². The Balaban J connectivity index is 1.75. The van der Waals surface area contributed by atoms with Crippen molar-refractivity contribution in [2.75, 3.05) is 20.8 Å². The number of carbonyl (C=O) groups excluding carboxylic acids is 1. The number of carbonyl (C=O) groups is 1. The van der Waals surface area contributed by atoms with Crippen molar-refractivity contribution in [1.82, 2.24) is 10.3 Å². The predicted molar refractivity (Wildman–Crippen MR) is 126 cm³/mol. The molecule has 4 aromatic rings. The number of para-hydroxylation sites is 2. The van der Waals surface area contributed by atoms with Crippen molar-refractivity contribution in [1.29, 1.82) is 0 Å². The van der Waals surface area contributed by atoms with Gasteiger partial charge in [-0.25, -0.2) is 4.39 Å². The fourth-order valence-corrected chi connectivity index (χ4v) is 4.28. The van der Waals surface area contributed by atoms with Crippen LogP contribution >= 0.6 is 15.9 Å². The molecule has 164 valence electrons. The molecule has 1 unspecified atom stereocenters. The second-order valence-electron chi connectivity index (χ2n) is 7.26. The topological polar surface area (TPSA) is 63.3 Å². The Bertz CT molecular complexity index is 1270. The SMILES string of the molecule is COc1cccc(C(CNC(=O)c2cc(Br)ccc2F)c2c[nH]c3ccccc23)c1OC. The van der Waals surface area contributed by atoms with E-state index in [1.807, 2.05) is 48.7 Å². The highest BCUT2D eigenvalue weighted by molar-refractivity contribution is 9.10. The molecule has 0 saturated heterocycles. The summed E-state index contributed by atoms with van der Waals surface area (Å²) in [5.74, 6) is -0.147. The van der Waals surface area contributed by atoms with Gasteiger partial charge >= 0.3 is 0 Å². The van der Waals surface area contributed by atoms with E-state index in [0.717, 1.165) is 22.0 Å². The molecular weight excluding hydrogens is 475 g/mol. The van der Waals surface area contributed by atoms with Gasteiger partial charge < -0.3 is 19.8 Å². The zero-order chi connectivity index (χ0) is 22.7. The van der Waals surface area contributed by atoms with Crippen LogP contribution in [0.15, 0.2) is 71.3 Å². The Morgan fingerprint density at radius 2 is 1.88 bits per heavy atom. The minimum atomic E-state index is -0.576. The van der Waals surface area contributed by atoms with Gasteiger partial charge in [-0.1, -0.05) is 46.3 Å². The number of fused-ring (bicyclic) bond motifs is 1. The number of aromatic amines is 1. The number of ether oxygens (including phenoxy) is 2. The number of benzene rings is 3. The lowest BCUT2D eigenvalue weighted by Crippen LogP contribution is -2.29. The van der Waals surface area contributed by atoms with Gasteiger partial charge in [0.2, 0.25) is 0 Å². The van der Waals surface area contributed by atoms with Gasteiger partial charge in [0.05, 0.1) is 19.8 Å². The van der Waals surface area contributed by atoms with E-state index >= 15 is 0 Å². The zero-order valence-corrected chi connectivity index (χ0v) is 19.2.